The van der Waals surface area contributed by atoms with Gasteiger partial charge in [0.1, 0.15) is 12.6 Å². The Labute approximate surface area is 346 Å². The van der Waals surface area contributed by atoms with E-state index < -0.39 is 30.3 Å². The van der Waals surface area contributed by atoms with E-state index in [4.69, 9.17) is 4.74 Å². The predicted molar refractivity (Wildman–Crippen MR) is 221 cm³/mol. The van der Waals surface area contributed by atoms with Crippen LogP contribution in [0.5, 0.6) is 0 Å². The summed E-state index contributed by atoms with van der Waals surface area (Å²) in [6, 6.07) is 17.4. The largest absolute Gasteiger partial charge is 0.444 e. The lowest BCUT2D eigenvalue weighted by atomic mass is 9.95. The molecule has 314 valence electrons. The fourth-order valence-corrected chi connectivity index (χ4v) is 8.24. The quantitative estimate of drug-likeness (QED) is 0.0875. The van der Waals surface area contributed by atoms with Gasteiger partial charge in [0.15, 0.2) is 0 Å². The van der Waals surface area contributed by atoms with Gasteiger partial charge in [-0.1, -0.05) is 74.5 Å². The number of likely N-dealkylation sites (tertiary alicyclic amines) is 1. The Kier molecular flexibility index (Phi) is 16.9. The van der Waals surface area contributed by atoms with Crippen molar-refractivity contribution in [1.29, 1.82) is 0 Å². The molecule has 3 atom stereocenters. The van der Waals surface area contributed by atoms with Crippen LogP contribution in [-0.2, 0) is 35.5 Å². The molecule has 4 aromatic rings. The van der Waals surface area contributed by atoms with Crippen molar-refractivity contribution in [1.82, 2.24) is 35.7 Å². The number of carbonyl (C=O) groups is 3. The summed E-state index contributed by atoms with van der Waals surface area (Å²) in [4.78, 5) is 53.8. The van der Waals surface area contributed by atoms with Gasteiger partial charge in [0.2, 0.25) is 5.91 Å². The molecule has 0 unspecified atom stereocenters. The van der Waals surface area contributed by atoms with Gasteiger partial charge in [-0.05, 0) is 69.2 Å². The first-order chi connectivity index (χ1) is 27.8. The Balaban J connectivity index is 1.29. The van der Waals surface area contributed by atoms with Crippen LogP contribution in [-0.4, -0.2) is 88.8 Å². The van der Waals surface area contributed by atoms with E-state index in [0.717, 1.165) is 26.7 Å². The van der Waals surface area contributed by atoms with E-state index in [1.807, 2.05) is 70.9 Å². The minimum atomic E-state index is -4.23. The molecular weight excluding hydrogens is 788 g/mol. The molecule has 0 saturated carbocycles. The maximum absolute atomic E-state index is 14.3. The highest BCUT2D eigenvalue weighted by Gasteiger charge is 2.41. The molecular formula is C42H54F3N7O4S2. The molecule has 1 saturated heterocycles. The van der Waals surface area contributed by atoms with Gasteiger partial charge in [0.25, 0.3) is 0 Å². The lowest BCUT2D eigenvalue weighted by Gasteiger charge is -2.34. The fourth-order valence-electron chi connectivity index (χ4n) is 6.91. The second-order valence-electron chi connectivity index (χ2n) is 15.2. The molecule has 5 rings (SSSR count). The summed E-state index contributed by atoms with van der Waals surface area (Å²) in [7, 11) is 1.64. The van der Waals surface area contributed by atoms with Crippen LogP contribution in [0.3, 0.4) is 0 Å². The van der Waals surface area contributed by atoms with Gasteiger partial charge in [-0.15, -0.1) is 22.7 Å². The number of piperidine rings is 1. The predicted octanol–water partition coefficient (Wildman–Crippen LogP) is 7.94. The number of alkyl halides is 3. The number of alkyl carbamates (subject to hydrolysis) is 1. The van der Waals surface area contributed by atoms with E-state index in [2.05, 4.69) is 39.8 Å². The summed E-state index contributed by atoms with van der Waals surface area (Å²) in [5.41, 5.74) is 4.45. The lowest BCUT2D eigenvalue weighted by molar-refractivity contribution is -0.185. The van der Waals surface area contributed by atoms with Gasteiger partial charge in [-0.25, -0.2) is 14.6 Å². The molecule has 2 aromatic heterocycles. The van der Waals surface area contributed by atoms with Gasteiger partial charge in [0.05, 0.1) is 33.6 Å². The molecule has 16 heteroatoms. The molecule has 3 N–H and O–H groups in total. The highest BCUT2D eigenvalue weighted by molar-refractivity contribution is 7.09. The number of halogens is 3. The van der Waals surface area contributed by atoms with Gasteiger partial charge < -0.3 is 30.5 Å². The van der Waals surface area contributed by atoms with E-state index in [1.54, 1.807) is 18.8 Å². The molecule has 1 aliphatic heterocycles. The maximum atomic E-state index is 14.3. The van der Waals surface area contributed by atoms with Crippen molar-refractivity contribution in [2.45, 2.75) is 102 Å². The van der Waals surface area contributed by atoms with Crippen LogP contribution in [0.2, 0.25) is 0 Å². The molecule has 0 aliphatic carbocycles. The van der Waals surface area contributed by atoms with Crippen molar-refractivity contribution in [2.24, 2.45) is 5.92 Å². The van der Waals surface area contributed by atoms with Crippen molar-refractivity contribution in [3.8, 4) is 0 Å². The normalized spacial score (nSPS) is 15.4. The van der Waals surface area contributed by atoms with E-state index in [1.165, 1.54) is 27.6 Å². The number of urea groups is 1. The van der Waals surface area contributed by atoms with Crippen LogP contribution in [0.25, 0.3) is 0 Å². The summed E-state index contributed by atoms with van der Waals surface area (Å²) in [5, 5.41) is 12.0. The van der Waals surface area contributed by atoms with E-state index in [9.17, 15) is 27.6 Å². The van der Waals surface area contributed by atoms with E-state index in [0.29, 0.717) is 32.2 Å². The van der Waals surface area contributed by atoms with Crippen LogP contribution in [0.15, 0.2) is 77.8 Å². The molecule has 11 nitrogen and oxygen atoms in total. The van der Waals surface area contributed by atoms with E-state index >= 15 is 0 Å². The van der Waals surface area contributed by atoms with Gasteiger partial charge in [0, 0.05) is 43.2 Å². The third-order valence-electron chi connectivity index (χ3n) is 10.2. The molecule has 2 aromatic carbocycles. The van der Waals surface area contributed by atoms with Crippen molar-refractivity contribution in [2.75, 3.05) is 26.7 Å². The smallest absolute Gasteiger partial charge is 0.407 e. The number of hydrogen-bond acceptors (Lipinski definition) is 9. The Morgan fingerprint density at radius 3 is 2.07 bits per heavy atom. The van der Waals surface area contributed by atoms with Gasteiger partial charge in [-0.3, -0.25) is 9.78 Å². The van der Waals surface area contributed by atoms with Crippen LogP contribution in [0, 0.1) is 5.92 Å². The minimum Gasteiger partial charge on any atom is -0.444 e. The number of amides is 4. The average molecular weight is 842 g/mol. The molecule has 0 radical (unpaired) electrons. The third kappa shape index (κ3) is 14.7. The van der Waals surface area contributed by atoms with Crippen molar-refractivity contribution in [3.63, 3.8) is 0 Å². The molecule has 3 heterocycles. The number of rotatable bonds is 19. The maximum Gasteiger partial charge on any atom is 0.407 e. The summed E-state index contributed by atoms with van der Waals surface area (Å²) in [5.74, 6) is -1.47. The Morgan fingerprint density at radius 2 is 1.52 bits per heavy atom. The highest BCUT2D eigenvalue weighted by atomic mass is 32.1. The number of nitrogens with zero attached hydrogens (tertiary/aromatic N) is 4. The monoisotopic (exact) mass is 841 g/mol. The van der Waals surface area contributed by atoms with Crippen molar-refractivity contribution in [3.05, 3.63) is 104 Å². The third-order valence-corrected chi connectivity index (χ3v) is 12.2. The van der Waals surface area contributed by atoms with Crippen LogP contribution < -0.4 is 16.0 Å². The number of aromatic nitrogens is 2. The number of thiazole rings is 2. The van der Waals surface area contributed by atoms with Crippen LogP contribution >= 0.6 is 22.7 Å². The standard InChI is InChI=1S/C42H54F3N7O4S2/c1-29(2)39-48-35(27-57-39)25-51(3)40(54)50-37(18-21-52-19-16-32(17-20-52)42(43,44)45)38(53)47-33(22-30-10-6-4-7-11-30)14-15-34(23-31-12-8-5-9-13-31)49-41(55)56-26-36-24-46-28-58-36/h4-13,24,27-29,32-34,37H,14-23,25-26H2,1-3H3,(H,47,53)(H,49,55)(H,50,54)/t33-,34-,37+/m1/s1. The number of hydrogen-bond donors (Lipinski definition) is 3. The fraction of sp³-hybridized carbons (Fsp3) is 0.500. The number of carbonyl (C=O) groups excluding carboxylic acids is 3. The number of benzene rings is 2. The summed E-state index contributed by atoms with van der Waals surface area (Å²) >= 11 is 2.93. The zero-order chi connectivity index (χ0) is 41.5. The Hall–Kier alpha value is -4.54. The van der Waals surface area contributed by atoms with Crippen molar-refractivity contribution < 1.29 is 32.3 Å². The Morgan fingerprint density at radius 1 is 0.897 bits per heavy atom. The summed E-state index contributed by atoms with van der Waals surface area (Å²) in [6.07, 6.45) is -0.905. The minimum absolute atomic E-state index is 0.00240. The molecule has 58 heavy (non-hydrogen) atoms. The number of nitrogens with one attached hydrogen (secondary N) is 3. The van der Waals surface area contributed by atoms with Crippen molar-refractivity contribution >= 4 is 40.7 Å². The molecule has 4 amide bonds. The van der Waals surface area contributed by atoms with Crippen LogP contribution in [0.1, 0.15) is 78.6 Å². The molecule has 1 fully saturated rings. The number of ether oxygens (including phenoxy) is 1. The Bertz CT molecular complexity index is 1840. The van der Waals surface area contributed by atoms with Gasteiger partial charge >= 0.3 is 18.3 Å². The summed E-state index contributed by atoms with van der Waals surface area (Å²) in [6.45, 7) is 5.31. The zero-order valence-corrected chi connectivity index (χ0v) is 34.9. The first kappa shape index (κ1) is 44.6. The average Bonchev–Trinajstić information content (AvgIpc) is 3.91. The lowest BCUT2D eigenvalue weighted by Crippen LogP contribution is -2.54. The van der Waals surface area contributed by atoms with E-state index in [-0.39, 0.29) is 69.4 Å². The molecule has 0 spiro atoms. The van der Waals surface area contributed by atoms with Gasteiger partial charge in [-0.2, -0.15) is 13.2 Å². The molecule has 1 aliphatic rings. The summed E-state index contributed by atoms with van der Waals surface area (Å²) < 4.78 is 45.7. The molecule has 0 bridgehead atoms. The second kappa shape index (κ2) is 22.0. The second-order valence-corrected chi connectivity index (χ2v) is 17.0. The zero-order valence-electron chi connectivity index (χ0n) is 33.2. The topological polar surface area (TPSA) is 129 Å². The first-order valence-corrected chi connectivity index (χ1v) is 21.5. The van der Waals surface area contributed by atoms with Crippen LogP contribution in [0.4, 0.5) is 22.8 Å². The SMILES string of the molecule is CC(C)c1nc(CN(C)C(=O)N[C@@H](CCN2CCC(C(F)(F)F)CC2)C(=O)N[C@H](CC[C@H](Cc2ccccc2)NC(=O)OCc2cncs2)Cc2ccccc2)cs1. The first-order valence-electron chi connectivity index (χ1n) is 19.8. The highest BCUT2D eigenvalue weighted by Crippen LogP contribution is 2.34.